The molecule has 0 heterocycles. The molecule has 0 N–H and O–H groups in total. The van der Waals surface area contributed by atoms with Crippen LogP contribution in [0.1, 0.15) is 73.6 Å². The number of aryl methyl sites for hydroxylation is 4. The Morgan fingerprint density at radius 1 is 0.390 bits per heavy atom. The van der Waals surface area contributed by atoms with Crippen LogP contribution in [0.4, 0.5) is 0 Å². The predicted octanol–water partition coefficient (Wildman–Crippen LogP) is 9.35. The first-order chi connectivity index (χ1) is 19.5. The monoisotopic (exact) mass is 620 g/mol. The van der Waals surface area contributed by atoms with Crippen LogP contribution in [0.5, 0.6) is 0 Å². The first kappa shape index (κ1) is 32.2. The maximum Gasteiger partial charge on any atom is 0 e. The van der Waals surface area contributed by atoms with Crippen LogP contribution in [0.3, 0.4) is 0 Å². The van der Waals surface area contributed by atoms with Gasteiger partial charge in [0.15, 0.2) is 0 Å². The molecule has 0 unspecified atom stereocenters. The molecule has 2 saturated carbocycles. The third-order valence-electron chi connectivity index (χ3n) is 8.88. The average molecular weight is 621 g/mol. The second-order valence-corrected chi connectivity index (χ2v) is 16.6. The largest absolute Gasteiger partial charge is 0.0620 e. The molecule has 0 aromatic heterocycles. The van der Waals surface area contributed by atoms with Gasteiger partial charge in [-0.3, -0.25) is 0 Å². The minimum absolute atomic E-state index is 0. The summed E-state index contributed by atoms with van der Waals surface area (Å²) in [5, 5.41) is 6.40. The van der Waals surface area contributed by atoms with Crippen molar-refractivity contribution in [2.75, 3.05) is 0 Å². The summed E-state index contributed by atoms with van der Waals surface area (Å²) in [4.78, 5) is 0. The number of rotatable bonds is 6. The molecule has 0 aliphatic heterocycles. The summed E-state index contributed by atoms with van der Waals surface area (Å²) in [6, 6.07) is 36.1. The molecule has 0 spiro atoms. The van der Waals surface area contributed by atoms with Gasteiger partial charge in [0.2, 0.25) is 0 Å². The van der Waals surface area contributed by atoms with Crippen molar-refractivity contribution in [2.24, 2.45) is 0 Å². The van der Waals surface area contributed by atoms with Crippen LogP contribution in [0.2, 0.25) is 0 Å². The van der Waals surface area contributed by atoms with Gasteiger partial charge in [0, 0.05) is 17.1 Å². The molecule has 0 bridgehead atoms. The molecule has 216 valence electrons. The summed E-state index contributed by atoms with van der Waals surface area (Å²) < 4.78 is 0. The number of benzene rings is 4. The van der Waals surface area contributed by atoms with Crippen molar-refractivity contribution in [3.05, 3.63) is 119 Å². The summed E-state index contributed by atoms with van der Waals surface area (Å²) in [6.45, 7) is 9.10. The van der Waals surface area contributed by atoms with E-state index in [4.69, 9.17) is 0 Å². The van der Waals surface area contributed by atoms with Crippen molar-refractivity contribution in [2.45, 2.75) is 90.4 Å². The fourth-order valence-electron chi connectivity index (χ4n) is 6.71. The molecule has 2 aliphatic rings. The van der Waals surface area contributed by atoms with E-state index in [1.165, 1.54) is 73.6 Å². The molecular weight excluding hydrogens is 574 g/mol. The van der Waals surface area contributed by atoms with E-state index >= 15 is 0 Å². The Hall–Kier alpha value is -1.74. The van der Waals surface area contributed by atoms with Crippen LogP contribution in [0.15, 0.2) is 97.1 Å². The SMILES string of the molecule is Cc1ccccc1P(c1ccccc1C)C1CCCC1.Cc1ccccc1P(c1ccccc1C)C1CCCC1.[Fe]. The average Bonchev–Trinajstić information content (AvgIpc) is 3.69. The molecule has 3 heteroatoms. The van der Waals surface area contributed by atoms with E-state index in [0.717, 1.165) is 11.3 Å². The first-order valence-electron chi connectivity index (χ1n) is 15.4. The van der Waals surface area contributed by atoms with Gasteiger partial charge in [-0.1, -0.05) is 123 Å². The smallest absolute Gasteiger partial charge is 0 e. The van der Waals surface area contributed by atoms with Crippen LogP contribution in [-0.2, 0) is 17.1 Å². The van der Waals surface area contributed by atoms with Crippen LogP contribution >= 0.6 is 15.8 Å². The molecule has 6 rings (SSSR count). The molecule has 2 aliphatic carbocycles. The molecule has 0 radical (unpaired) electrons. The Labute approximate surface area is 262 Å². The molecule has 0 amide bonds. The summed E-state index contributed by atoms with van der Waals surface area (Å²) in [7, 11) is -0.387. The van der Waals surface area contributed by atoms with Gasteiger partial charge in [0.25, 0.3) is 0 Å². The van der Waals surface area contributed by atoms with E-state index < -0.39 is 0 Å². The molecule has 41 heavy (non-hydrogen) atoms. The molecule has 2 fully saturated rings. The molecule has 4 aromatic carbocycles. The second-order valence-electron chi connectivity index (χ2n) is 11.8. The van der Waals surface area contributed by atoms with Crippen molar-refractivity contribution in [3.63, 3.8) is 0 Å². The van der Waals surface area contributed by atoms with Crippen molar-refractivity contribution < 1.29 is 17.1 Å². The van der Waals surface area contributed by atoms with Crippen LogP contribution in [0.25, 0.3) is 0 Å². The Kier molecular flexibility index (Phi) is 12.3. The Morgan fingerprint density at radius 2 is 0.610 bits per heavy atom. The maximum absolute atomic E-state index is 2.37. The normalized spacial score (nSPS) is 15.6. The van der Waals surface area contributed by atoms with E-state index in [0.29, 0.717) is 0 Å². The number of hydrogen-bond acceptors (Lipinski definition) is 0. The van der Waals surface area contributed by atoms with Gasteiger partial charge >= 0.3 is 0 Å². The van der Waals surface area contributed by atoms with Crippen molar-refractivity contribution in [1.82, 2.24) is 0 Å². The molecule has 4 aromatic rings. The molecular formula is C38H46FeP2. The molecule has 0 nitrogen and oxygen atoms in total. The van der Waals surface area contributed by atoms with Crippen molar-refractivity contribution in [3.8, 4) is 0 Å². The summed E-state index contributed by atoms with van der Waals surface area (Å²) in [6.07, 6.45) is 11.3. The Morgan fingerprint density at radius 3 is 0.829 bits per heavy atom. The van der Waals surface area contributed by atoms with E-state index in [1.807, 2.05) is 0 Å². The van der Waals surface area contributed by atoms with Crippen LogP contribution in [-0.4, -0.2) is 11.3 Å². The maximum atomic E-state index is 2.37. The van der Waals surface area contributed by atoms with E-state index in [9.17, 15) is 0 Å². The first-order valence-corrected chi connectivity index (χ1v) is 18.2. The fraction of sp³-hybridized carbons (Fsp3) is 0.368. The predicted molar refractivity (Wildman–Crippen MR) is 182 cm³/mol. The minimum atomic E-state index is -0.194. The van der Waals surface area contributed by atoms with Gasteiger partial charge in [0.05, 0.1) is 0 Å². The van der Waals surface area contributed by atoms with E-state index in [1.54, 1.807) is 21.2 Å². The van der Waals surface area contributed by atoms with Gasteiger partial charge in [-0.2, -0.15) is 0 Å². The van der Waals surface area contributed by atoms with Crippen LogP contribution in [0, 0.1) is 27.7 Å². The third kappa shape index (κ3) is 7.81. The quantitative estimate of drug-likeness (QED) is 0.149. The Bertz CT molecular complexity index is 1190. The van der Waals surface area contributed by atoms with E-state index in [-0.39, 0.29) is 32.9 Å². The number of hydrogen-bond donors (Lipinski definition) is 0. The van der Waals surface area contributed by atoms with Crippen LogP contribution < -0.4 is 21.2 Å². The molecule has 0 saturated heterocycles. The van der Waals surface area contributed by atoms with E-state index in [2.05, 4.69) is 125 Å². The molecule has 0 atom stereocenters. The summed E-state index contributed by atoms with van der Waals surface area (Å²) in [5.74, 6) is 0. The van der Waals surface area contributed by atoms with Gasteiger partial charge in [-0.05, 0) is 124 Å². The van der Waals surface area contributed by atoms with Crippen molar-refractivity contribution in [1.29, 1.82) is 0 Å². The van der Waals surface area contributed by atoms with Crippen molar-refractivity contribution >= 4 is 37.1 Å². The van der Waals surface area contributed by atoms with Gasteiger partial charge in [0.1, 0.15) is 0 Å². The fourth-order valence-corrected chi connectivity index (χ4v) is 13.4. The Balaban J connectivity index is 0.000000184. The summed E-state index contributed by atoms with van der Waals surface area (Å²) in [5.41, 5.74) is 7.63. The van der Waals surface area contributed by atoms with Gasteiger partial charge in [-0.15, -0.1) is 0 Å². The third-order valence-corrected chi connectivity index (χ3v) is 15.5. The second kappa shape index (κ2) is 15.6. The zero-order valence-corrected chi connectivity index (χ0v) is 28.2. The zero-order chi connectivity index (χ0) is 27.9. The van der Waals surface area contributed by atoms with Gasteiger partial charge < -0.3 is 0 Å². The topological polar surface area (TPSA) is 0 Å². The summed E-state index contributed by atoms with van der Waals surface area (Å²) >= 11 is 0. The van der Waals surface area contributed by atoms with Gasteiger partial charge in [-0.25, -0.2) is 0 Å². The standard InChI is InChI=1S/2C19H23P.Fe/c2*1-15-9-3-7-13-18(15)20(17-11-5-6-12-17)19-14-8-4-10-16(19)2;/h2*3-4,7-10,13-14,17H,5-6,11-12H2,1-2H3;. The minimum Gasteiger partial charge on any atom is -0.0620 e. The zero-order valence-electron chi connectivity index (χ0n) is 25.3.